The van der Waals surface area contributed by atoms with Gasteiger partial charge >= 0.3 is 0 Å². The summed E-state index contributed by atoms with van der Waals surface area (Å²) in [5.41, 5.74) is 9.22. The average Bonchev–Trinajstić information content (AvgIpc) is 3.07. The number of aromatic amines is 1. The van der Waals surface area contributed by atoms with Gasteiger partial charge in [0.1, 0.15) is 5.82 Å². The molecule has 0 spiro atoms. The van der Waals surface area contributed by atoms with Crippen LogP contribution in [0.5, 0.6) is 0 Å². The van der Waals surface area contributed by atoms with Crippen molar-refractivity contribution in [3.8, 4) is 11.1 Å². The number of fused-ring (bicyclic) bond motifs is 1. The fourth-order valence-electron chi connectivity index (χ4n) is 3.52. The van der Waals surface area contributed by atoms with E-state index < -0.39 is 0 Å². The SMILES string of the molecule is NC1CCC(Nc2cc(-c3cccc4[nH]ccc34)c(Cl)cn2)CC1. The first-order valence-corrected chi connectivity index (χ1v) is 8.82. The Kier molecular flexibility index (Phi) is 4.17. The van der Waals surface area contributed by atoms with Gasteiger partial charge < -0.3 is 16.0 Å². The highest BCUT2D eigenvalue weighted by Crippen LogP contribution is 2.34. The van der Waals surface area contributed by atoms with Crippen LogP contribution in [0.15, 0.2) is 42.7 Å². The molecule has 1 saturated carbocycles. The minimum atomic E-state index is 0.350. The first-order valence-electron chi connectivity index (χ1n) is 8.45. The number of nitrogens with one attached hydrogen (secondary N) is 2. The third kappa shape index (κ3) is 2.99. The van der Waals surface area contributed by atoms with Gasteiger partial charge in [0.2, 0.25) is 0 Å². The molecule has 2 aromatic heterocycles. The summed E-state index contributed by atoms with van der Waals surface area (Å²) in [5.74, 6) is 0.877. The Morgan fingerprint density at radius 1 is 1.12 bits per heavy atom. The van der Waals surface area contributed by atoms with E-state index in [9.17, 15) is 0 Å². The normalized spacial score (nSPS) is 21.1. The number of nitrogens with two attached hydrogens (primary N) is 1. The van der Waals surface area contributed by atoms with Crippen LogP contribution in [0.1, 0.15) is 25.7 Å². The van der Waals surface area contributed by atoms with Crippen LogP contribution < -0.4 is 11.1 Å². The lowest BCUT2D eigenvalue weighted by Gasteiger charge is -2.27. The molecule has 2 heterocycles. The predicted octanol–water partition coefficient (Wildman–Crippen LogP) is 4.57. The molecule has 0 saturated heterocycles. The molecule has 0 aliphatic heterocycles. The Bertz CT molecular complexity index is 849. The van der Waals surface area contributed by atoms with Crippen LogP contribution in [0.4, 0.5) is 5.82 Å². The number of aromatic nitrogens is 2. The fraction of sp³-hybridized carbons (Fsp3) is 0.316. The van der Waals surface area contributed by atoms with Crippen molar-refractivity contribution < 1.29 is 0 Å². The number of halogens is 1. The third-order valence-electron chi connectivity index (χ3n) is 4.86. The number of hydrogen-bond acceptors (Lipinski definition) is 3. The molecular formula is C19H21ClN4. The van der Waals surface area contributed by atoms with Gasteiger partial charge in [-0.05, 0) is 49.4 Å². The van der Waals surface area contributed by atoms with E-state index in [4.69, 9.17) is 17.3 Å². The van der Waals surface area contributed by atoms with Crippen molar-refractivity contribution >= 4 is 28.3 Å². The topological polar surface area (TPSA) is 66.7 Å². The van der Waals surface area contributed by atoms with E-state index in [1.807, 2.05) is 12.3 Å². The van der Waals surface area contributed by atoms with E-state index in [1.165, 1.54) is 5.39 Å². The molecule has 4 nitrogen and oxygen atoms in total. The van der Waals surface area contributed by atoms with Crippen molar-refractivity contribution in [1.29, 1.82) is 0 Å². The van der Waals surface area contributed by atoms with E-state index in [1.54, 1.807) is 6.20 Å². The predicted molar refractivity (Wildman–Crippen MR) is 100 cm³/mol. The van der Waals surface area contributed by atoms with Crippen molar-refractivity contribution in [2.75, 3.05) is 5.32 Å². The largest absolute Gasteiger partial charge is 0.367 e. The lowest BCUT2D eigenvalue weighted by molar-refractivity contribution is 0.410. The second kappa shape index (κ2) is 6.46. The first kappa shape index (κ1) is 15.5. The molecule has 4 N–H and O–H groups in total. The quantitative estimate of drug-likeness (QED) is 0.654. The number of nitrogens with zero attached hydrogens (tertiary/aromatic N) is 1. The van der Waals surface area contributed by atoms with Gasteiger partial charge in [-0.2, -0.15) is 0 Å². The second-order valence-electron chi connectivity index (χ2n) is 6.55. The minimum Gasteiger partial charge on any atom is -0.367 e. The summed E-state index contributed by atoms with van der Waals surface area (Å²) < 4.78 is 0. The molecule has 5 heteroatoms. The summed E-state index contributed by atoms with van der Waals surface area (Å²) in [7, 11) is 0. The standard InChI is InChI=1S/C19H21ClN4/c20-17-11-23-19(24-13-6-4-12(21)5-7-13)10-16(17)14-2-1-3-18-15(14)8-9-22-18/h1-3,8-13,22H,4-7,21H2,(H,23,24). The molecule has 1 fully saturated rings. The molecule has 4 rings (SSSR count). The Morgan fingerprint density at radius 3 is 2.79 bits per heavy atom. The van der Waals surface area contributed by atoms with Gasteiger partial charge in [0.15, 0.2) is 0 Å². The highest BCUT2D eigenvalue weighted by Gasteiger charge is 2.19. The number of benzene rings is 1. The molecule has 24 heavy (non-hydrogen) atoms. The van der Waals surface area contributed by atoms with Gasteiger partial charge in [0.25, 0.3) is 0 Å². The molecule has 0 atom stereocenters. The monoisotopic (exact) mass is 340 g/mol. The number of pyridine rings is 1. The van der Waals surface area contributed by atoms with Crippen molar-refractivity contribution in [3.05, 3.63) is 47.7 Å². The summed E-state index contributed by atoms with van der Waals surface area (Å²) >= 11 is 6.44. The molecule has 1 aliphatic carbocycles. The lowest BCUT2D eigenvalue weighted by atomic mass is 9.92. The summed E-state index contributed by atoms with van der Waals surface area (Å²) in [6.45, 7) is 0. The summed E-state index contributed by atoms with van der Waals surface area (Å²) in [6, 6.07) is 11.1. The molecule has 124 valence electrons. The van der Waals surface area contributed by atoms with E-state index >= 15 is 0 Å². The van der Waals surface area contributed by atoms with Crippen LogP contribution in [-0.2, 0) is 0 Å². The third-order valence-corrected chi connectivity index (χ3v) is 5.17. The van der Waals surface area contributed by atoms with Crippen molar-refractivity contribution in [1.82, 2.24) is 9.97 Å². The van der Waals surface area contributed by atoms with Gasteiger partial charge in [-0.3, -0.25) is 0 Å². The molecular weight excluding hydrogens is 320 g/mol. The molecule has 0 amide bonds. The zero-order chi connectivity index (χ0) is 16.5. The summed E-state index contributed by atoms with van der Waals surface area (Å²) in [5, 5.41) is 5.38. The van der Waals surface area contributed by atoms with E-state index in [2.05, 4.69) is 39.6 Å². The van der Waals surface area contributed by atoms with Crippen LogP contribution >= 0.6 is 11.6 Å². The van der Waals surface area contributed by atoms with Gasteiger partial charge in [0, 0.05) is 40.9 Å². The molecule has 0 unspecified atom stereocenters. The zero-order valence-corrected chi connectivity index (χ0v) is 14.2. The van der Waals surface area contributed by atoms with Crippen LogP contribution in [0.3, 0.4) is 0 Å². The number of anilines is 1. The van der Waals surface area contributed by atoms with Gasteiger partial charge in [0.05, 0.1) is 5.02 Å². The summed E-state index contributed by atoms with van der Waals surface area (Å²) in [6.07, 6.45) is 8.01. The van der Waals surface area contributed by atoms with E-state index in [-0.39, 0.29) is 0 Å². The Balaban J connectivity index is 1.65. The van der Waals surface area contributed by atoms with Crippen molar-refractivity contribution in [3.63, 3.8) is 0 Å². The zero-order valence-electron chi connectivity index (χ0n) is 13.4. The molecule has 3 aromatic rings. The highest BCUT2D eigenvalue weighted by atomic mass is 35.5. The smallest absolute Gasteiger partial charge is 0.126 e. The Morgan fingerprint density at radius 2 is 1.96 bits per heavy atom. The second-order valence-corrected chi connectivity index (χ2v) is 6.96. The summed E-state index contributed by atoms with van der Waals surface area (Å²) in [4.78, 5) is 7.71. The van der Waals surface area contributed by atoms with Gasteiger partial charge in [-0.15, -0.1) is 0 Å². The maximum atomic E-state index is 6.44. The van der Waals surface area contributed by atoms with Crippen molar-refractivity contribution in [2.45, 2.75) is 37.8 Å². The van der Waals surface area contributed by atoms with Crippen LogP contribution in [0, 0.1) is 0 Å². The Hall–Kier alpha value is -2.04. The average molecular weight is 341 g/mol. The first-order chi connectivity index (χ1) is 11.7. The lowest BCUT2D eigenvalue weighted by Crippen LogP contribution is -2.33. The maximum Gasteiger partial charge on any atom is 0.126 e. The molecule has 1 aliphatic rings. The highest BCUT2D eigenvalue weighted by molar-refractivity contribution is 6.33. The minimum absolute atomic E-state index is 0.350. The van der Waals surface area contributed by atoms with Gasteiger partial charge in [-0.25, -0.2) is 4.98 Å². The number of H-pyrrole nitrogens is 1. The van der Waals surface area contributed by atoms with Gasteiger partial charge in [-0.1, -0.05) is 23.7 Å². The molecule has 0 radical (unpaired) electrons. The number of hydrogen-bond donors (Lipinski definition) is 3. The number of rotatable bonds is 3. The molecule has 1 aromatic carbocycles. The molecule has 0 bridgehead atoms. The fourth-order valence-corrected chi connectivity index (χ4v) is 3.72. The van der Waals surface area contributed by atoms with Crippen LogP contribution in [0.2, 0.25) is 5.02 Å². The van der Waals surface area contributed by atoms with E-state index in [0.717, 1.165) is 48.1 Å². The van der Waals surface area contributed by atoms with Crippen LogP contribution in [0.25, 0.3) is 22.0 Å². The van der Waals surface area contributed by atoms with Crippen LogP contribution in [-0.4, -0.2) is 22.1 Å². The Labute approximate surface area is 146 Å². The maximum absolute atomic E-state index is 6.44. The van der Waals surface area contributed by atoms with E-state index in [0.29, 0.717) is 17.1 Å². The van der Waals surface area contributed by atoms with Crippen molar-refractivity contribution in [2.24, 2.45) is 5.73 Å².